The Kier molecular flexibility index (Phi) is 4.07. The summed E-state index contributed by atoms with van der Waals surface area (Å²) in [6.45, 7) is 2.01. The van der Waals surface area contributed by atoms with E-state index in [0.717, 1.165) is 27.7 Å². The first-order chi connectivity index (χ1) is 10.9. The quantitative estimate of drug-likeness (QED) is 0.603. The predicted molar refractivity (Wildman–Crippen MR) is 86.3 cm³/mol. The second kappa shape index (κ2) is 6.03. The van der Waals surface area contributed by atoms with Gasteiger partial charge in [0, 0.05) is 17.4 Å². The molecule has 0 aliphatic heterocycles. The van der Waals surface area contributed by atoms with Gasteiger partial charge in [0.2, 0.25) is 0 Å². The number of benzene rings is 2. The van der Waals surface area contributed by atoms with E-state index in [1.54, 1.807) is 12.1 Å². The molecule has 3 rings (SSSR count). The molecule has 118 valence electrons. The van der Waals surface area contributed by atoms with Gasteiger partial charge in [-0.2, -0.15) is 13.2 Å². The van der Waals surface area contributed by atoms with E-state index in [2.05, 4.69) is 4.98 Å². The lowest BCUT2D eigenvalue weighted by atomic mass is 10.0. The number of nitrogens with zero attached hydrogens (tertiary/aromatic N) is 1. The lowest BCUT2D eigenvalue weighted by Gasteiger charge is -2.10. The van der Waals surface area contributed by atoms with Gasteiger partial charge in [0.05, 0.1) is 11.2 Å². The maximum absolute atomic E-state index is 12.4. The van der Waals surface area contributed by atoms with E-state index in [1.807, 2.05) is 49.4 Å². The van der Waals surface area contributed by atoms with Crippen LogP contribution in [0, 0.1) is 6.92 Å². The molecular formula is C19H16F3N. The molecule has 23 heavy (non-hydrogen) atoms. The maximum Gasteiger partial charge on any atom is 0.389 e. The van der Waals surface area contributed by atoms with Crippen LogP contribution in [0.2, 0.25) is 0 Å². The fourth-order valence-corrected chi connectivity index (χ4v) is 2.68. The molecule has 1 heterocycles. The third kappa shape index (κ3) is 3.70. The highest BCUT2D eigenvalue weighted by Gasteiger charge is 2.26. The van der Waals surface area contributed by atoms with Crippen LogP contribution in [0.25, 0.3) is 22.2 Å². The fraction of sp³-hybridized carbons (Fsp3) is 0.211. The highest BCUT2D eigenvalue weighted by atomic mass is 19.4. The number of aromatic nitrogens is 1. The third-order valence-electron chi connectivity index (χ3n) is 3.81. The smallest absolute Gasteiger partial charge is 0.248 e. The van der Waals surface area contributed by atoms with Gasteiger partial charge < -0.3 is 0 Å². The second-order valence-corrected chi connectivity index (χ2v) is 5.66. The molecule has 0 atom stereocenters. The molecule has 4 heteroatoms. The zero-order valence-corrected chi connectivity index (χ0v) is 12.7. The number of pyridine rings is 1. The van der Waals surface area contributed by atoms with E-state index >= 15 is 0 Å². The Balaban J connectivity index is 1.98. The van der Waals surface area contributed by atoms with Crippen LogP contribution >= 0.6 is 0 Å². The van der Waals surface area contributed by atoms with Crippen molar-refractivity contribution in [3.63, 3.8) is 0 Å². The molecule has 0 N–H and O–H groups in total. The Labute approximate surface area is 132 Å². The molecule has 0 saturated heterocycles. The van der Waals surface area contributed by atoms with Crippen LogP contribution < -0.4 is 0 Å². The van der Waals surface area contributed by atoms with Crippen molar-refractivity contribution in [2.75, 3.05) is 0 Å². The first-order valence-corrected chi connectivity index (χ1v) is 7.45. The molecule has 0 unspecified atom stereocenters. The molecule has 0 spiro atoms. The average molecular weight is 315 g/mol. The van der Waals surface area contributed by atoms with Crippen molar-refractivity contribution in [3.05, 3.63) is 65.7 Å². The zero-order valence-electron chi connectivity index (χ0n) is 12.7. The number of alkyl halides is 3. The van der Waals surface area contributed by atoms with Crippen molar-refractivity contribution < 1.29 is 13.2 Å². The van der Waals surface area contributed by atoms with Crippen LogP contribution in [-0.4, -0.2) is 11.2 Å². The van der Waals surface area contributed by atoms with Gasteiger partial charge in [0.15, 0.2) is 0 Å². The van der Waals surface area contributed by atoms with Crippen molar-refractivity contribution in [3.8, 4) is 11.3 Å². The van der Waals surface area contributed by atoms with Crippen LogP contribution in [-0.2, 0) is 6.42 Å². The van der Waals surface area contributed by atoms with Crippen LogP contribution in [0.3, 0.4) is 0 Å². The van der Waals surface area contributed by atoms with E-state index < -0.39 is 12.6 Å². The second-order valence-electron chi connectivity index (χ2n) is 5.66. The molecule has 0 fully saturated rings. The van der Waals surface area contributed by atoms with E-state index in [1.165, 1.54) is 0 Å². The van der Waals surface area contributed by atoms with Crippen LogP contribution in [0.15, 0.2) is 54.6 Å². The average Bonchev–Trinajstić information content (AvgIpc) is 2.51. The monoisotopic (exact) mass is 315 g/mol. The Morgan fingerprint density at radius 2 is 1.74 bits per heavy atom. The third-order valence-corrected chi connectivity index (χ3v) is 3.81. The highest BCUT2D eigenvalue weighted by Crippen LogP contribution is 2.27. The number of aryl methyl sites for hydroxylation is 2. The van der Waals surface area contributed by atoms with E-state index in [0.29, 0.717) is 5.56 Å². The molecule has 0 aliphatic rings. The molecule has 0 saturated carbocycles. The zero-order chi connectivity index (χ0) is 16.4. The van der Waals surface area contributed by atoms with Gasteiger partial charge in [0.25, 0.3) is 0 Å². The minimum atomic E-state index is -4.14. The van der Waals surface area contributed by atoms with Crippen LogP contribution in [0.5, 0.6) is 0 Å². The Bertz CT molecular complexity index is 837. The summed E-state index contributed by atoms with van der Waals surface area (Å²) < 4.78 is 37.3. The normalized spacial score (nSPS) is 11.8. The van der Waals surface area contributed by atoms with Crippen LogP contribution in [0.1, 0.15) is 17.5 Å². The van der Waals surface area contributed by atoms with Gasteiger partial charge in [-0.15, -0.1) is 0 Å². The number of rotatable bonds is 3. The summed E-state index contributed by atoms with van der Waals surface area (Å²) in [5, 5.41) is 0.785. The largest absolute Gasteiger partial charge is 0.389 e. The van der Waals surface area contributed by atoms with Crippen LogP contribution in [0.4, 0.5) is 13.2 Å². The molecular weight excluding hydrogens is 299 g/mol. The van der Waals surface area contributed by atoms with E-state index in [-0.39, 0.29) is 6.42 Å². The van der Waals surface area contributed by atoms with E-state index in [4.69, 9.17) is 0 Å². The Morgan fingerprint density at radius 1 is 0.957 bits per heavy atom. The maximum atomic E-state index is 12.4. The van der Waals surface area contributed by atoms with Crippen molar-refractivity contribution in [2.24, 2.45) is 0 Å². The summed E-state index contributed by atoms with van der Waals surface area (Å²) >= 11 is 0. The predicted octanol–water partition coefficient (Wildman–Crippen LogP) is 5.71. The van der Waals surface area contributed by atoms with Gasteiger partial charge in [-0.3, -0.25) is 0 Å². The van der Waals surface area contributed by atoms with Gasteiger partial charge in [0.1, 0.15) is 0 Å². The fourth-order valence-electron chi connectivity index (χ4n) is 2.68. The van der Waals surface area contributed by atoms with Gasteiger partial charge in [-0.25, -0.2) is 4.98 Å². The van der Waals surface area contributed by atoms with Crippen molar-refractivity contribution >= 4 is 10.9 Å². The van der Waals surface area contributed by atoms with E-state index in [9.17, 15) is 13.2 Å². The lowest BCUT2D eigenvalue weighted by molar-refractivity contribution is -0.133. The molecule has 3 aromatic rings. The molecule has 0 aliphatic carbocycles. The van der Waals surface area contributed by atoms with Gasteiger partial charge >= 0.3 is 6.18 Å². The summed E-state index contributed by atoms with van der Waals surface area (Å²) in [7, 11) is 0. The minimum Gasteiger partial charge on any atom is -0.248 e. The molecule has 0 amide bonds. The summed E-state index contributed by atoms with van der Waals surface area (Å²) in [5.74, 6) is 0. The SMILES string of the molecule is Cc1cccc(-c2ccc3c(CCC(F)(F)F)cccc3n2)c1. The van der Waals surface area contributed by atoms with Crippen molar-refractivity contribution in [1.29, 1.82) is 0 Å². The lowest BCUT2D eigenvalue weighted by Crippen LogP contribution is -2.08. The summed E-state index contributed by atoms with van der Waals surface area (Å²) in [6.07, 6.45) is -4.98. The highest BCUT2D eigenvalue weighted by molar-refractivity contribution is 5.84. The number of halogens is 3. The molecule has 0 bridgehead atoms. The minimum absolute atomic E-state index is 0.0215. The molecule has 1 aromatic heterocycles. The molecule has 1 nitrogen and oxygen atoms in total. The van der Waals surface area contributed by atoms with Gasteiger partial charge in [-0.05, 0) is 37.1 Å². The first kappa shape index (κ1) is 15.5. The molecule has 2 aromatic carbocycles. The summed E-state index contributed by atoms with van der Waals surface area (Å²) in [6, 6.07) is 17.1. The van der Waals surface area contributed by atoms with Gasteiger partial charge in [-0.1, -0.05) is 42.0 Å². The standard InChI is InChI=1S/C19H16F3N/c1-13-4-2-6-15(12-13)17-9-8-16-14(10-11-19(20,21)22)5-3-7-18(16)23-17/h2-9,12H,10-11H2,1H3. The van der Waals surface area contributed by atoms with Crippen molar-refractivity contribution in [1.82, 2.24) is 4.98 Å². The Hall–Kier alpha value is -2.36. The number of fused-ring (bicyclic) bond motifs is 1. The molecule has 0 radical (unpaired) electrons. The summed E-state index contributed by atoms with van der Waals surface area (Å²) in [5.41, 5.74) is 4.39. The van der Waals surface area contributed by atoms with Crippen molar-refractivity contribution in [2.45, 2.75) is 25.9 Å². The topological polar surface area (TPSA) is 12.9 Å². The first-order valence-electron chi connectivity index (χ1n) is 7.45. The number of hydrogen-bond donors (Lipinski definition) is 0. The number of hydrogen-bond acceptors (Lipinski definition) is 1. The Morgan fingerprint density at radius 3 is 2.48 bits per heavy atom. The summed E-state index contributed by atoms with van der Waals surface area (Å²) in [4.78, 5) is 4.61.